The summed E-state index contributed by atoms with van der Waals surface area (Å²) in [5, 5.41) is 15.7. The third-order valence-corrected chi connectivity index (χ3v) is 5.35. The number of methoxy groups -OCH3 is 2. The lowest BCUT2D eigenvalue weighted by molar-refractivity contribution is -0.127. The number of hydrogen-bond donors (Lipinski definition) is 1. The van der Waals surface area contributed by atoms with Crippen molar-refractivity contribution in [1.29, 1.82) is 0 Å². The largest absolute Gasteiger partial charge is 0.497 e. The summed E-state index contributed by atoms with van der Waals surface area (Å²) in [6.45, 7) is 4.67. The molecule has 194 valence electrons. The van der Waals surface area contributed by atoms with Gasteiger partial charge in [-0.25, -0.2) is 0 Å². The van der Waals surface area contributed by atoms with Crippen LogP contribution < -0.4 is 29.0 Å². The van der Waals surface area contributed by atoms with Crippen molar-refractivity contribution in [2.45, 2.75) is 20.0 Å². The molecule has 0 radical (unpaired) electrons. The van der Waals surface area contributed by atoms with E-state index in [2.05, 4.69) is 20.6 Å². The second-order valence-electron chi connectivity index (χ2n) is 7.84. The molecule has 11 nitrogen and oxygen atoms in total. The maximum atomic E-state index is 12.4. The van der Waals surface area contributed by atoms with Gasteiger partial charge in [0.25, 0.3) is 5.91 Å². The van der Waals surface area contributed by atoms with Gasteiger partial charge < -0.3 is 29.0 Å². The third-order valence-electron chi connectivity index (χ3n) is 5.35. The van der Waals surface area contributed by atoms with Crippen LogP contribution in [-0.2, 0) is 4.79 Å². The molecule has 0 saturated heterocycles. The molecular weight excluding hydrogens is 478 g/mol. The van der Waals surface area contributed by atoms with Crippen LogP contribution in [0.3, 0.4) is 0 Å². The molecule has 0 saturated carbocycles. The van der Waals surface area contributed by atoms with Crippen LogP contribution in [0.25, 0.3) is 17.0 Å². The Bertz CT molecular complexity index is 1340. The summed E-state index contributed by atoms with van der Waals surface area (Å²) < 4.78 is 29.2. The maximum absolute atomic E-state index is 12.4. The van der Waals surface area contributed by atoms with E-state index in [9.17, 15) is 4.79 Å². The fourth-order valence-corrected chi connectivity index (χ4v) is 3.52. The van der Waals surface area contributed by atoms with Crippen LogP contribution in [0.15, 0.2) is 54.6 Å². The number of carbonyl (C=O) groups excluding carboxylic acids is 1. The highest BCUT2D eigenvalue weighted by molar-refractivity contribution is 5.80. The fraction of sp³-hybridized carbons (Fsp3) is 0.308. The number of aromatic nitrogens is 4. The number of amides is 1. The molecule has 0 fully saturated rings. The van der Waals surface area contributed by atoms with E-state index in [-0.39, 0.29) is 19.1 Å². The van der Waals surface area contributed by atoms with Gasteiger partial charge in [-0.1, -0.05) is 0 Å². The van der Waals surface area contributed by atoms with Gasteiger partial charge in [-0.2, -0.15) is 4.52 Å². The summed E-state index contributed by atoms with van der Waals surface area (Å²) >= 11 is 0. The van der Waals surface area contributed by atoms with E-state index in [1.54, 1.807) is 80.3 Å². The first-order valence-corrected chi connectivity index (χ1v) is 11.8. The van der Waals surface area contributed by atoms with Crippen molar-refractivity contribution in [3.05, 3.63) is 54.6 Å². The number of hydrogen-bond acceptors (Lipinski definition) is 9. The Morgan fingerprint density at radius 1 is 0.946 bits per heavy atom. The van der Waals surface area contributed by atoms with E-state index in [0.29, 0.717) is 46.8 Å². The maximum Gasteiger partial charge on any atom is 0.260 e. The van der Waals surface area contributed by atoms with Crippen LogP contribution in [0.2, 0.25) is 0 Å². The molecule has 1 atom stereocenters. The van der Waals surface area contributed by atoms with Gasteiger partial charge in [0.1, 0.15) is 29.6 Å². The van der Waals surface area contributed by atoms with Gasteiger partial charge in [0.05, 0.1) is 32.9 Å². The number of benzene rings is 2. The van der Waals surface area contributed by atoms with E-state index >= 15 is 0 Å². The van der Waals surface area contributed by atoms with Crippen molar-refractivity contribution < 1.29 is 28.5 Å². The van der Waals surface area contributed by atoms with Gasteiger partial charge >= 0.3 is 0 Å². The minimum absolute atomic E-state index is 0.208. The molecule has 1 amide bonds. The summed E-state index contributed by atoms with van der Waals surface area (Å²) in [7, 11) is 3.17. The van der Waals surface area contributed by atoms with Crippen LogP contribution >= 0.6 is 0 Å². The van der Waals surface area contributed by atoms with Gasteiger partial charge in [0.2, 0.25) is 5.88 Å². The first kappa shape index (κ1) is 25.5. The lowest BCUT2D eigenvalue weighted by Gasteiger charge is -2.15. The number of ether oxygens (including phenoxy) is 5. The third kappa shape index (κ3) is 6.18. The topological polar surface area (TPSA) is 118 Å². The number of rotatable bonds is 12. The first-order valence-electron chi connectivity index (χ1n) is 11.8. The van der Waals surface area contributed by atoms with Crippen molar-refractivity contribution in [3.63, 3.8) is 0 Å². The molecule has 2 heterocycles. The monoisotopic (exact) mass is 507 g/mol. The molecule has 0 spiro atoms. The Balaban J connectivity index is 1.34. The van der Waals surface area contributed by atoms with Gasteiger partial charge in [-0.15, -0.1) is 15.3 Å². The normalized spacial score (nSPS) is 11.6. The zero-order valence-corrected chi connectivity index (χ0v) is 21.1. The molecule has 0 aliphatic carbocycles. The van der Waals surface area contributed by atoms with E-state index < -0.39 is 6.10 Å². The van der Waals surface area contributed by atoms with E-state index in [1.165, 1.54) is 0 Å². The predicted molar refractivity (Wildman–Crippen MR) is 136 cm³/mol. The average Bonchev–Trinajstić information content (AvgIpc) is 3.35. The standard InChI is InChI=1S/C26H29N5O6/c1-5-35-18-6-8-19(9-7-18)37-17(2)26(32)27-14-15-36-24-13-12-23-28-29-25(31(23)30-24)21-16-20(33-3)10-11-22(21)34-4/h6-13,16-17H,5,14-15H2,1-4H3,(H,27,32). The lowest BCUT2D eigenvalue weighted by atomic mass is 10.2. The van der Waals surface area contributed by atoms with Gasteiger partial charge in [0, 0.05) is 6.07 Å². The molecule has 2 aromatic carbocycles. The molecule has 4 rings (SSSR count). The highest BCUT2D eigenvalue weighted by Gasteiger charge is 2.17. The minimum atomic E-state index is -0.676. The molecule has 1 N–H and O–H groups in total. The average molecular weight is 508 g/mol. The number of nitrogens with zero attached hydrogens (tertiary/aromatic N) is 4. The summed E-state index contributed by atoms with van der Waals surface area (Å²) in [4.78, 5) is 12.4. The fourth-order valence-electron chi connectivity index (χ4n) is 3.52. The lowest BCUT2D eigenvalue weighted by Crippen LogP contribution is -2.38. The second kappa shape index (κ2) is 11.9. The van der Waals surface area contributed by atoms with E-state index in [4.69, 9.17) is 23.7 Å². The van der Waals surface area contributed by atoms with Crippen molar-refractivity contribution >= 4 is 11.6 Å². The SMILES string of the molecule is CCOc1ccc(OC(C)C(=O)NCCOc2ccc3nnc(-c4cc(OC)ccc4OC)n3n2)cc1. The molecule has 0 aliphatic heterocycles. The minimum Gasteiger partial charge on any atom is -0.497 e. The highest BCUT2D eigenvalue weighted by Crippen LogP contribution is 2.32. The molecule has 0 bridgehead atoms. The van der Waals surface area contributed by atoms with Crippen LogP contribution in [0, 0.1) is 0 Å². The molecule has 0 aliphatic rings. The second-order valence-corrected chi connectivity index (χ2v) is 7.84. The summed E-state index contributed by atoms with van der Waals surface area (Å²) in [6.07, 6.45) is -0.676. The van der Waals surface area contributed by atoms with Crippen LogP contribution in [-0.4, -0.2) is 65.8 Å². The summed E-state index contributed by atoms with van der Waals surface area (Å²) in [5.41, 5.74) is 1.22. The summed E-state index contributed by atoms with van der Waals surface area (Å²) in [6, 6.07) is 16.0. The van der Waals surface area contributed by atoms with E-state index in [0.717, 1.165) is 5.75 Å². The van der Waals surface area contributed by atoms with Crippen molar-refractivity contribution in [1.82, 2.24) is 25.1 Å². The molecule has 37 heavy (non-hydrogen) atoms. The van der Waals surface area contributed by atoms with E-state index in [1.807, 2.05) is 6.92 Å². The van der Waals surface area contributed by atoms with Crippen molar-refractivity contribution in [3.8, 4) is 40.3 Å². The quantitative estimate of drug-likeness (QED) is 0.288. The smallest absolute Gasteiger partial charge is 0.260 e. The van der Waals surface area contributed by atoms with Crippen LogP contribution in [0.4, 0.5) is 0 Å². The van der Waals surface area contributed by atoms with Gasteiger partial charge in [-0.05, 0) is 62.4 Å². The predicted octanol–water partition coefficient (Wildman–Crippen LogP) is 3.17. The number of carbonyl (C=O) groups is 1. The Labute approximate surface area is 214 Å². The zero-order valence-electron chi connectivity index (χ0n) is 21.1. The summed E-state index contributed by atoms with van der Waals surface area (Å²) in [5.74, 6) is 3.15. The molecule has 11 heteroatoms. The Kier molecular flexibility index (Phi) is 8.24. The Hall–Kier alpha value is -4.54. The van der Waals surface area contributed by atoms with Gasteiger partial charge in [0.15, 0.2) is 17.6 Å². The van der Waals surface area contributed by atoms with Crippen molar-refractivity contribution in [2.75, 3.05) is 34.0 Å². The number of fused-ring (bicyclic) bond motifs is 1. The molecule has 1 unspecified atom stereocenters. The first-order chi connectivity index (χ1) is 18.0. The van der Waals surface area contributed by atoms with Gasteiger partial charge in [-0.3, -0.25) is 4.79 Å². The molecular formula is C26H29N5O6. The van der Waals surface area contributed by atoms with Crippen LogP contribution in [0.1, 0.15) is 13.8 Å². The zero-order chi connectivity index (χ0) is 26.2. The molecule has 4 aromatic rings. The Morgan fingerprint density at radius 3 is 2.43 bits per heavy atom. The molecule has 2 aromatic heterocycles. The Morgan fingerprint density at radius 2 is 1.70 bits per heavy atom. The van der Waals surface area contributed by atoms with Crippen LogP contribution in [0.5, 0.6) is 28.9 Å². The number of nitrogens with one attached hydrogen (secondary N) is 1. The van der Waals surface area contributed by atoms with Crippen molar-refractivity contribution in [2.24, 2.45) is 0 Å². The highest BCUT2D eigenvalue weighted by atomic mass is 16.5.